The second-order valence-corrected chi connectivity index (χ2v) is 7.59. The molecule has 0 saturated heterocycles. The minimum absolute atomic E-state index is 0.0585. The van der Waals surface area contributed by atoms with E-state index in [1.807, 2.05) is 0 Å². The molecule has 14 heteroatoms. The van der Waals surface area contributed by atoms with Gasteiger partial charge in [-0.25, -0.2) is 0 Å². The average molecular weight is 527 g/mol. The number of carbonyl (C=O) groups is 2. The Kier molecular flexibility index (Phi) is 9.91. The number of Topliss-reactive ketones (excluding diaryl/α,β-unsaturated/α-hetero) is 2. The molecule has 0 saturated carbocycles. The van der Waals surface area contributed by atoms with Crippen LogP contribution in [0, 0.1) is 20.2 Å². The van der Waals surface area contributed by atoms with Crippen molar-refractivity contribution < 1.29 is 33.6 Å². The molecule has 0 radical (unpaired) electrons. The minimum Gasteiger partial charge on any atom is -0.496 e. The van der Waals surface area contributed by atoms with E-state index in [4.69, 9.17) is 31.4 Å². The van der Waals surface area contributed by atoms with E-state index >= 15 is 0 Å². The fourth-order valence-corrected chi connectivity index (χ4v) is 3.01. The first-order chi connectivity index (χ1) is 17.9. The molecule has 3 rings (SSSR count). The number of hydrogen-bond donors (Lipinski definition) is 3. The van der Waals surface area contributed by atoms with Crippen LogP contribution < -0.4 is 31.4 Å². The van der Waals surface area contributed by atoms with Crippen molar-refractivity contribution in [1.82, 2.24) is 0 Å². The molecule has 0 amide bonds. The molecule has 0 aliphatic rings. The van der Waals surface area contributed by atoms with Crippen molar-refractivity contribution in [2.24, 2.45) is 0 Å². The number of hydrogen-bond acceptors (Lipinski definition) is 12. The molecule has 0 aliphatic heterocycles. The van der Waals surface area contributed by atoms with Crippen LogP contribution in [0.4, 0.5) is 28.4 Å². The Labute approximate surface area is 216 Å². The van der Waals surface area contributed by atoms with Gasteiger partial charge in [-0.05, 0) is 31.2 Å². The van der Waals surface area contributed by atoms with Crippen LogP contribution in [0.2, 0.25) is 0 Å². The standard InChI is InChI=1S/C13H12N4O6.C11H13NO3/c14-10-3-1-8(16(18)19)5-12(10)22-7-23-13-6-9(17(20)21)2-4-11(13)15;1-7(13)6-9(14)11-8(12)4-3-5-10(11)15-2/h1-6H,7,14-15H2;3-5H,6,12H2,1-2H3. The molecule has 38 heavy (non-hydrogen) atoms. The van der Waals surface area contributed by atoms with Gasteiger partial charge >= 0.3 is 0 Å². The van der Waals surface area contributed by atoms with Gasteiger partial charge in [0, 0.05) is 17.8 Å². The van der Waals surface area contributed by atoms with Crippen molar-refractivity contribution in [3.63, 3.8) is 0 Å². The number of nitrogens with zero attached hydrogens (tertiary/aromatic N) is 2. The SMILES string of the molecule is COc1cccc(N)c1C(=O)CC(C)=O.Nc1ccc([N+](=O)[O-])cc1OCOc1cc([N+](=O)[O-])ccc1N. The number of methoxy groups -OCH3 is 1. The van der Waals surface area contributed by atoms with Crippen LogP contribution in [0.5, 0.6) is 17.2 Å². The number of ether oxygens (including phenoxy) is 3. The second-order valence-electron chi connectivity index (χ2n) is 7.59. The molecule has 0 aromatic heterocycles. The van der Waals surface area contributed by atoms with E-state index < -0.39 is 9.85 Å². The highest BCUT2D eigenvalue weighted by molar-refractivity contribution is 6.11. The lowest BCUT2D eigenvalue weighted by Crippen LogP contribution is -2.09. The molecule has 6 N–H and O–H groups in total. The van der Waals surface area contributed by atoms with Gasteiger partial charge in [0.25, 0.3) is 11.4 Å². The van der Waals surface area contributed by atoms with E-state index in [1.54, 1.807) is 18.2 Å². The first-order valence-corrected chi connectivity index (χ1v) is 10.7. The van der Waals surface area contributed by atoms with Crippen LogP contribution in [0.3, 0.4) is 0 Å². The summed E-state index contributed by atoms with van der Waals surface area (Å²) in [5, 5.41) is 21.4. The quantitative estimate of drug-likeness (QED) is 0.0859. The maximum atomic E-state index is 11.7. The summed E-state index contributed by atoms with van der Waals surface area (Å²) in [4.78, 5) is 42.7. The Hall–Kier alpha value is -5.40. The zero-order valence-corrected chi connectivity index (χ0v) is 20.4. The highest BCUT2D eigenvalue weighted by atomic mass is 16.7. The van der Waals surface area contributed by atoms with Crippen molar-refractivity contribution in [2.75, 3.05) is 31.1 Å². The Morgan fingerprint density at radius 1 is 0.789 bits per heavy atom. The maximum absolute atomic E-state index is 11.7. The molecule has 14 nitrogen and oxygen atoms in total. The number of nitro benzene ring substituents is 2. The van der Waals surface area contributed by atoms with Gasteiger partial charge in [-0.2, -0.15) is 0 Å². The third kappa shape index (κ3) is 7.81. The Bertz CT molecular complexity index is 1300. The smallest absolute Gasteiger partial charge is 0.273 e. The van der Waals surface area contributed by atoms with E-state index in [9.17, 15) is 29.8 Å². The summed E-state index contributed by atoms with van der Waals surface area (Å²) in [6, 6.07) is 12.4. The molecule has 3 aromatic rings. The highest BCUT2D eigenvalue weighted by Crippen LogP contribution is 2.29. The number of nitrogen functional groups attached to an aromatic ring is 3. The first kappa shape index (κ1) is 28.8. The maximum Gasteiger partial charge on any atom is 0.273 e. The van der Waals surface area contributed by atoms with Gasteiger partial charge in [0.15, 0.2) is 17.3 Å². The average Bonchev–Trinajstić information content (AvgIpc) is 2.85. The number of nitrogens with two attached hydrogens (primary N) is 3. The minimum atomic E-state index is -0.592. The first-order valence-electron chi connectivity index (χ1n) is 10.7. The van der Waals surface area contributed by atoms with Crippen molar-refractivity contribution in [2.45, 2.75) is 13.3 Å². The predicted molar refractivity (Wildman–Crippen MR) is 138 cm³/mol. The lowest BCUT2D eigenvalue weighted by Gasteiger charge is -2.11. The highest BCUT2D eigenvalue weighted by Gasteiger charge is 2.17. The van der Waals surface area contributed by atoms with Crippen molar-refractivity contribution in [3.05, 3.63) is 80.4 Å². The van der Waals surface area contributed by atoms with Crippen LogP contribution in [0.25, 0.3) is 0 Å². The number of ketones is 2. The number of non-ortho nitro benzene ring substituents is 2. The molecule has 0 fully saturated rings. The summed E-state index contributed by atoms with van der Waals surface area (Å²) < 4.78 is 15.4. The Balaban J connectivity index is 0.000000293. The largest absolute Gasteiger partial charge is 0.496 e. The fourth-order valence-electron chi connectivity index (χ4n) is 3.01. The zero-order chi connectivity index (χ0) is 28.4. The molecule has 0 heterocycles. The summed E-state index contributed by atoms with van der Waals surface area (Å²) >= 11 is 0. The zero-order valence-electron chi connectivity index (χ0n) is 20.4. The number of nitro groups is 2. The van der Waals surface area contributed by atoms with E-state index in [1.165, 1.54) is 38.3 Å². The van der Waals surface area contributed by atoms with Crippen LogP contribution in [-0.2, 0) is 4.79 Å². The summed E-state index contributed by atoms with van der Waals surface area (Å²) in [5.41, 5.74) is 17.6. The van der Waals surface area contributed by atoms with Crippen LogP contribution in [0.1, 0.15) is 23.7 Å². The van der Waals surface area contributed by atoms with Gasteiger partial charge in [0.1, 0.15) is 11.5 Å². The normalized spacial score (nSPS) is 9.95. The van der Waals surface area contributed by atoms with Crippen LogP contribution in [-0.4, -0.2) is 35.3 Å². The molecule has 0 bridgehead atoms. The van der Waals surface area contributed by atoms with Crippen LogP contribution in [0.15, 0.2) is 54.6 Å². The monoisotopic (exact) mass is 527 g/mol. The van der Waals surface area contributed by atoms with E-state index in [0.29, 0.717) is 11.4 Å². The van der Waals surface area contributed by atoms with Gasteiger partial charge in [-0.15, -0.1) is 0 Å². The third-order valence-corrected chi connectivity index (χ3v) is 4.81. The van der Waals surface area contributed by atoms with Gasteiger partial charge in [-0.3, -0.25) is 29.8 Å². The number of anilines is 3. The van der Waals surface area contributed by atoms with E-state index in [-0.39, 0.29) is 64.6 Å². The lowest BCUT2D eigenvalue weighted by atomic mass is 10.0. The number of rotatable bonds is 10. The Morgan fingerprint density at radius 2 is 1.29 bits per heavy atom. The molecule has 200 valence electrons. The Morgan fingerprint density at radius 3 is 1.71 bits per heavy atom. The van der Waals surface area contributed by atoms with Crippen molar-refractivity contribution in [3.8, 4) is 17.2 Å². The van der Waals surface area contributed by atoms with Crippen molar-refractivity contribution in [1.29, 1.82) is 0 Å². The molecule has 0 unspecified atom stereocenters. The van der Waals surface area contributed by atoms with Gasteiger partial charge in [-0.1, -0.05) is 6.07 Å². The summed E-state index contributed by atoms with van der Waals surface area (Å²) in [7, 11) is 1.46. The third-order valence-electron chi connectivity index (χ3n) is 4.81. The second kappa shape index (κ2) is 13.1. The van der Waals surface area contributed by atoms with Crippen LogP contribution >= 0.6 is 0 Å². The van der Waals surface area contributed by atoms with Crippen molar-refractivity contribution >= 4 is 40.0 Å². The predicted octanol–water partition coefficient (Wildman–Crippen LogP) is 3.52. The summed E-state index contributed by atoms with van der Waals surface area (Å²) in [6.07, 6.45) is -0.148. The van der Waals surface area contributed by atoms with E-state index in [0.717, 1.165) is 12.1 Å². The molecular formula is C24H25N5O9. The summed E-state index contributed by atoms with van der Waals surface area (Å²) in [5.74, 6) is 0.0235. The number of benzene rings is 3. The fraction of sp³-hybridized carbons (Fsp3) is 0.167. The van der Waals surface area contributed by atoms with Gasteiger partial charge in [0.05, 0.1) is 52.4 Å². The van der Waals surface area contributed by atoms with E-state index in [2.05, 4.69) is 0 Å². The topological polar surface area (TPSA) is 226 Å². The molecule has 0 spiro atoms. The molecule has 0 aliphatic carbocycles. The molecule has 0 atom stereocenters. The molecule has 3 aromatic carbocycles. The molecular weight excluding hydrogens is 502 g/mol. The van der Waals surface area contributed by atoms with Gasteiger partial charge in [0.2, 0.25) is 6.79 Å². The summed E-state index contributed by atoms with van der Waals surface area (Å²) in [6.45, 7) is 0.986. The van der Waals surface area contributed by atoms with Gasteiger partial charge < -0.3 is 31.4 Å². The number of carbonyl (C=O) groups excluding carboxylic acids is 2. The lowest BCUT2D eigenvalue weighted by molar-refractivity contribution is -0.385.